The van der Waals surface area contributed by atoms with E-state index in [9.17, 15) is 0 Å². The molecule has 3 heterocycles. The van der Waals surface area contributed by atoms with Gasteiger partial charge in [0.15, 0.2) is 0 Å². The fourth-order valence-electron chi connectivity index (χ4n) is 9.22. The molecule has 0 saturated carbocycles. The summed E-state index contributed by atoms with van der Waals surface area (Å²) in [6.45, 7) is 21.2. The van der Waals surface area contributed by atoms with Crippen molar-refractivity contribution < 1.29 is 29.3 Å². The molecule has 0 atom stereocenters. The van der Waals surface area contributed by atoms with Crippen molar-refractivity contribution in [3.63, 3.8) is 0 Å². The van der Waals surface area contributed by atoms with Crippen LogP contribution in [0.25, 0.3) is 27.6 Å². The molecule has 5 heteroatoms. The van der Waals surface area contributed by atoms with E-state index in [2.05, 4.69) is 178 Å². The van der Waals surface area contributed by atoms with Gasteiger partial charge in [-0.05, 0) is 79.6 Å². The predicted octanol–water partition coefficient (Wildman–Crippen LogP) is 15.7. The Balaban J connectivity index is 0.00000676. The molecule has 0 spiro atoms. The third kappa shape index (κ3) is 8.15. The summed E-state index contributed by atoms with van der Waals surface area (Å²) >= 11 is 0. The van der Waals surface area contributed by atoms with E-state index in [0.717, 1.165) is 50.0 Å². The zero-order valence-electron chi connectivity index (χ0n) is 45.5. The van der Waals surface area contributed by atoms with Crippen molar-refractivity contribution in [3.8, 4) is 5.82 Å². The van der Waals surface area contributed by atoms with Gasteiger partial charge in [0.25, 0.3) is 0 Å². The van der Waals surface area contributed by atoms with Crippen LogP contribution < -0.4 is 9.80 Å². The summed E-state index contributed by atoms with van der Waals surface area (Å²) in [6, 6.07) is 51.4. The molecule has 0 radical (unpaired) electrons. The molecule has 1 aliphatic rings. The minimum absolute atomic E-state index is 0. The van der Waals surface area contributed by atoms with Crippen LogP contribution in [0.1, 0.15) is 137 Å². The Morgan fingerprint density at radius 2 is 1.15 bits per heavy atom. The molecule has 0 N–H and O–H groups in total. The molecule has 336 valence electrons. The molecule has 0 fully saturated rings. The third-order valence-corrected chi connectivity index (χ3v) is 13.0. The first kappa shape index (κ1) is 38.8. The number of anilines is 4. The van der Waals surface area contributed by atoms with E-state index in [1.54, 1.807) is 36.4 Å². The van der Waals surface area contributed by atoms with Gasteiger partial charge >= 0.3 is 0 Å². The van der Waals surface area contributed by atoms with Gasteiger partial charge in [0.2, 0.25) is 0 Å². The van der Waals surface area contributed by atoms with Gasteiger partial charge in [-0.25, -0.2) is 4.98 Å². The van der Waals surface area contributed by atoms with Crippen LogP contribution in [0.15, 0.2) is 140 Å². The first-order valence-electron chi connectivity index (χ1n) is 25.4. The molecule has 0 amide bonds. The van der Waals surface area contributed by atoms with Gasteiger partial charge in [0.1, 0.15) is 5.82 Å². The van der Waals surface area contributed by atoms with Gasteiger partial charge in [-0.2, -0.15) is 47.0 Å². The summed E-state index contributed by atoms with van der Waals surface area (Å²) in [6.07, 6.45) is 1.52. The molecule has 0 saturated heterocycles. The van der Waals surface area contributed by atoms with Crippen molar-refractivity contribution in [2.45, 2.75) is 117 Å². The van der Waals surface area contributed by atoms with Gasteiger partial charge in [-0.15, -0.1) is 23.8 Å². The van der Waals surface area contributed by atoms with Crippen molar-refractivity contribution in [1.29, 1.82) is 0 Å². The number of fused-ring (bicyclic) bond motifs is 4. The van der Waals surface area contributed by atoms with Crippen molar-refractivity contribution in [3.05, 3.63) is 197 Å². The Labute approximate surface area is 411 Å². The van der Waals surface area contributed by atoms with Crippen LogP contribution in [0, 0.1) is 18.8 Å². The van der Waals surface area contributed by atoms with Crippen molar-refractivity contribution >= 4 is 44.6 Å². The molecule has 8 aromatic rings. The summed E-state index contributed by atoms with van der Waals surface area (Å²) in [5.74, 6) is 0.391. The first-order valence-corrected chi connectivity index (χ1v) is 22.4. The first-order chi connectivity index (χ1) is 32.7. The fourth-order valence-corrected chi connectivity index (χ4v) is 9.22. The zero-order valence-corrected chi connectivity index (χ0v) is 41.7. The average Bonchev–Trinajstić information content (AvgIpc) is 3.83. The van der Waals surface area contributed by atoms with E-state index in [-0.39, 0.29) is 48.4 Å². The second-order valence-corrected chi connectivity index (χ2v) is 21.1. The smallest absolute Gasteiger partial charge is 0.135 e. The van der Waals surface area contributed by atoms with Crippen LogP contribution in [-0.2, 0) is 48.1 Å². The second-order valence-electron chi connectivity index (χ2n) is 21.1. The quantitative estimate of drug-likeness (QED) is 0.149. The third-order valence-electron chi connectivity index (χ3n) is 13.0. The van der Waals surface area contributed by atoms with Crippen molar-refractivity contribution in [2.75, 3.05) is 9.80 Å². The Morgan fingerprint density at radius 3 is 1.80 bits per heavy atom. The molecule has 65 heavy (non-hydrogen) atoms. The number of pyridine rings is 1. The topological polar surface area (TPSA) is 24.3 Å². The van der Waals surface area contributed by atoms with Crippen molar-refractivity contribution in [2.24, 2.45) is 0 Å². The van der Waals surface area contributed by atoms with Gasteiger partial charge in [-0.3, -0.25) is 0 Å². The Morgan fingerprint density at radius 1 is 0.523 bits per heavy atom. The largest absolute Gasteiger partial charge is 0.493 e. The SMILES string of the molecule is [2H]C([2H])([2H])C(c1ccccc1)(c1ccnc(-n2c3[c-]c(C(C)(C)c4[c-]c(N5[CH-]N(c6c(C(C)(C)C)cccc6C(C)(C)C)c6ccccc65)cc(C(C)(C)C)c4)ccc3c3ccccc32)c1)C([2H])([2H])[2H].[Pt]. The van der Waals surface area contributed by atoms with Crippen LogP contribution in [0.5, 0.6) is 0 Å². The number of hydrogen-bond donors (Lipinski definition) is 0. The van der Waals surface area contributed by atoms with Crippen molar-refractivity contribution in [1.82, 2.24) is 9.55 Å². The maximum Gasteiger partial charge on any atom is 0.135 e. The van der Waals surface area contributed by atoms with Crippen LogP contribution in [0.4, 0.5) is 22.7 Å². The van der Waals surface area contributed by atoms with E-state index >= 15 is 0 Å². The molecule has 4 nitrogen and oxygen atoms in total. The van der Waals surface area contributed by atoms with E-state index < -0.39 is 24.5 Å². The van der Waals surface area contributed by atoms with Crippen LogP contribution in [-0.4, -0.2) is 9.55 Å². The van der Waals surface area contributed by atoms with E-state index in [1.807, 2.05) is 22.8 Å². The monoisotopic (exact) mass is 1040 g/mol. The number of aromatic nitrogens is 2. The summed E-state index contributed by atoms with van der Waals surface area (Å²) in [5, 5.41) is 1.90. The number of para-hydroxylation sites is 4. The van der Waals surface area contributed by atoms with Gasteiger partial charge in [-0.1, -0.05) is 174 Å². The van der Waals surface area contributed by atoms with E-state index in [4.69, 9.17) is 13.2 Å². The van der Waals surface area contributed by atoms with Gasteiger partial charge in [0, 0.05) is 63.5 Å². The molecular weight excluding hydrogens is 972 g/mol. The Bertz CT molecular complexity index is 3230. The Kier molecular flexibility index (Phi) is 9.82. The maximum atomic E-state index is 8.85. The van der Waals surface area contributed by atoms with Gasteiger partial charge < -0.3 is 14.4 Å². The summed E-state index contributed by atoms with van der Waals surface area (Å²) in [5.41, 5.74) is 8.39. The number of rotatable bonds is 7. The normalized spacial score (nSPS) is 15.4. The van der Waals surface area contributed by atoms with E-state index in [1.165, 1.54) is 34.6 Å². The molecular formula is C60H63N4Pt-3. The molecule has 9 rings (SSSR count). The summed E-state index contributed by atoms with van der Waals surface area (Å²) in [7, 11) is 0. The zero-order chi connectivity index (χ0) is 50.6. The predicted molar refractivity (Wildman–Crippen MR) is 271 cm³/mol. The van der Waals surface area contributed by atoms with Crippen LogP contribution >= 0.6 is 0 Å². The summed E-state index contributed by atoms with van der Waals surface area (Å²) in [4.78, 5) is 9.50. The second kappa shape index (κ2) is 16.5. The summed E-state index contributed by atoms with van der Waals surface area (Å²) < 4.78 is 55.1. The minimum Gasteiger partial charge on any atom is -0.493 e. The number of hydrogen-bond acceptors (Lipinski definition) is 3. The Hall–Kier alpha value is -5.44. The number of nitrogens with zero attached hydrogens (tertiary/aromatic N) is 4. The maximum absolute atomic E-state index is 8.85. The molecule has 6 aromatic carbocycles. The molecule has 2 aromatic heterocycles. The minimum atomic E-state index is -2.95. The van der Waals surface area contributed by atoms with Crippen LogP contribution in [0.3, 0.4) is 0 Å². The molecule has 0 unspecified atom stereocenters. The molecule has 0 aliphatic carbocycles. The fraction of sp³-hybridized carbons (Fsp3) is 0.300. The average molecular weight is 1040 g/mol. The molecule has 1 aliphatic heterocycles. The molecule has 0 bridgehead atoms. The standard InChI is InChI=1S/C60H63N4.Pt/c1-56(2,3)43-34-44(36-45(35-43)62-39-63(52-29-20-19-28-51(52)62)55-48(57(4,5)6)25-21-26-49(55)58(7,8)9)60(12,13)41-30-31-47-46-24-17-18-27-50(46)64(53(47)37-41)54-38-42(32-33-61-54)59(10,11)40-22-15-14-16-23-40;/h14-35,38-39H,1-13H3;/q-3;/i10D3,11D3;. The number of benzene rings is 6. The van der Waals surface area contributed by atoms with E-state index in [0.29, 0.717) is 5.82 Å². The van der Waals surface area contributed by atoms with Gasteiger partial charge in [0.05, 0.1) is 0 Å². The van der Waals surface area contributed by atoms with Crippen LogP contribution in [0.2, 0.25) is 0 Å².